The molecule has 3 heterocycles. The maximum atomic E-state index is 13.9. The summed E-state index contributed by atoms with van der Waals surface area (Å²) in [5.74, 6) is 0.218. The molecule has 1 atom stereocenters. The van der Waals surface area contributed by atoms with Gasteiger partial charge in [0.15, 0.2) is 0 Å². The van der Waals surface area contributed by atoms with Gasteiger partial charge in [-0.3, -0.25) is 4.79 Å². The molecule has 0 spiro atoms. The number of rotatable bonds is 7. The van der Waals surface area contributed by atoms with Gasteiger partial charge < -0.3 is 14.5 Å². The number of amides is 1. The number of carbonyl (C=O) groups excluding carboxylic acids is 1. The van der Waals surface area contributed by atoms with Gasteiger partial charge in [0.25, 0.3) is 5.91 Å². The van der Waals surface area contributed by atoms with Gasteiger partial charge in [0.1, 0.15) is 10.6 Å². The molecule has 4 rings (SSSR count). The van der Waals surface area contributed by atoms with Crippen LogP contribution in [0.4, 0.5) is 5.69 Å². The normalized spacial score (nSPS) is 16.4. The maximum absolute atomic E-state index is 13.9. The molecule has 0 bridgehead atoms. The Bertz CT molecular complexity index is 1240. The Labute approximate surface area is 196 Å². The number of nitrogens with zero attached hydrogens (tertiary/aromatic N) is 3. The van der Waals surface area contributed by atoms with E-state index in [1.54, 1.807) is 27.0 Å². The molecule has 1 unspecified atom stereocenters. The number of aromatic amines is 1. The first-order chi connectivity index (χ1) is 15.7. The topological polar surface area (TPSA) is 78.4 Å². The van der Waals surface area contributed by atoms with Gasteiger partial charge in [-0.25, -0.2) is 8.42 Å². The Morgan fingerprint density at radius 3 is 2.52 bits per heavy atom. The smallest absolute Gasteiger partial charge is 0.275 e. The summed E-state index contributed by atoms with van der Waals surface area (Å²) in [4.78, 5) is 19.1. The number of piperidine rings is 1. The minimum atomic E-state index is -3.61. The molecule has 1 saturated heterocycles. The van der Waals surface area contributed by atoms with Gasteiger partial charge in [0, 0.05) is 55.2 Å². The SMILES string of the molecule is CC(C)CC(C)N(C(=O)c1cc(S(=O)(=O)N2CCCCC2)cn1C)c1ccc2[nH]ccc2c1. The first-order valence-electron chi connectivity index (χ1n) is 11.8. The van der Waals surface area contributed by atoms with Crippen LogP contribution in [-0.4, -0.2) is 47.3 Å². The molecule has 33 heavy (non-hydrogen) atoms. The van der Waals surface area contributed by atoms with Crippen molar-refractivity contribution in [2.75, 3.05) is 18.0 Å². The standard InChI is InChI=1S/C25H34N4O3S/c1-18(2)14-19(3)29(21-8-9-23-20(15-21)10-11-26-23)25(30)24-16-22(17-27(24)4)33(31,32)28-12-6-5-7-13-28/h8-11,15-19,26H,5-7,12-14H2,1-4H3. The average Bonchev–Trinajstić information content (AvgIpc) is 3.40. The largest absolute Gasteiger partial charge is 0.361 e. The molecule has 178 valence electrons. The Morgan fingerprint density at radius 2 is 1.82 bits per heavy atom. The van der Waals surface area contributed by atoms with Crippen LogP contribution in [0.15, 0.2) is 47.6 Å². The zero-order chi connectivity index (χ0) is 23.8. The number of sulfonamides is 1. The number of H-pyrrole nitrogens is 1. The summed E-state index contributed by atoms with van der Waals surface area (Å²) < 4.78 is 29.6. The first kappa shape index (κ1) is 23.6. The number of fused-ring (bicyclic) bond motifs is 1. The van der Waals surface area contributed by atoms with Gasteiger partial charge in [-0.1, -0.05) is 20.3 Å². The van der Waals surface area contributed by atoms with E-state index in [4.69, 9.17) is 0 Å². The highest BCUT2D eigenvalue weighted by Crippen LogP contribution is 2.29. The fraction of sp³-hybridized carbons (Fsp3) is 0.480. The van der Waals surface area contributed by atoms with Crippen molar-refractivity contribution in [2.45, 2.75) is 57.4 Å². The van der Waals surface area contributed by atoms with E-state index in [0.29, 0.717) is 24.7 Å². The highest BCUT2D eigenvalue weighted by molar-refractivity contribution is 7.89. The van der Waals surface area contributed by atoms with E-state index in [9.17, 15) is 13.2 Å². The molecule has 1 aliphatic heterocycles. The Balaban J connectivity index is 1.71. The van der Waals surface area contributed by atoms with Gasteiger partial charge in [0.2, 0.25) is 10.0 Å². The number of hydrogen-bond acceptors (Lipinski definition) is 3. The molecule has 0 saturated carbocycles. The van der Waals surface area contributed by atoms with Crippen LogP contribution in [0, 0.1) is 5.92 Å². The summed E-state index contributed by atoms with van der Waals surface area (Å²) in [5.41, 5.74) is 2.19. The fourth-order valence-electron chi connectivity index (χ4n) is 4.82. The second-order valence-corrected chi connectivity index (χ2v) is 11.5. The van der Waals surface area contributed by atoms with E-state index >= 15 is 0 Å². The minimum Gasteiger partial charge on any atom is -0.361 e. The van der Waals surface area contributed by atoms with Crippen molar-refractivity contribution in [3.05, 3.63) is 48.4 Å². The molecule has 7 nitrogen and oxygen atoms in total. The lowest BCUT2D eigenvalue weighted by Gasteiger charge is -2.31. The lowest BCUT2D eigenvalue weighted by atomic mass is 10.0. The summed E-state index contributed by atoms with van der Waals surface area (Å²) >= 11 is 0. The molecule has 8 heteroatoms. The highest BCUT2D eigenvalue weighted by atomic mass is 32.2. The number of anilines is 1. The minimum absolute atomic E-state index is 0.0501. The second-order valence-electron chi connectivity index (χ2n) is 9.54. The number of nitrogens with one attached hydrogen (secondary N) is 1. The van der Waals surface area contributed by atoms with Gasteiger partial charge in [0.05, 0.1) is 0 Å². The second kappa shape index (κ2) is 9.35. The predicted molar refractivity (Wildman–Crippen MR) is 132 cm³/mol. The van der Waals surface area contributed by atoms with Crippen LogP contribution >= 0.6 is 0 Å². The van der Waals surface area contributed by atoms with Crippen LogP contribution in [0.5, 0.6) is 0 Å². The van der Waals surface area contributed by atoms with Gasteiger partial charge in [-0.2, -0.15) is 4.31 Å². The van der Waals surface area contributed by atoms with Crippen molar-refractivity contribution < 1.29 is 13.2 Å². The molecule has 1 amide bonds. The van der Waals surface area contributed by atoms with E-state index in [0.717, 1.165) is 42.3 Å². The van der Waals surface area contributed by atoms with Crippen molar-refractivity contribution >= 4 is 32.5 Å². The summed E-state index contributed by atoms with van der Waals surface area (Å²) in [6.07, 6.45) is 7.09. The van der Waals surface area contributed by atoms with Crippen LogP contribution < -0.4 is 4.90 Å². The van der Waals surface area contributed by atoms with Crippen LogP contribution in [-0.2, 0) is 17.1 Å². The summed E-state index contributed by atoms with van der Waals surface area (Å²) in [6, 6.07) is 9.41. The lowest BCUT2D eigenvalue weighted by Crippen LogP contribution is -2.40. The predicted octanol–water partition coefficient (Wildman–Crippen LogP) is 4.76. The zero-order valence-corrected chi connectivity index (χ0v) is 20.7. The third kappa shape index (κ3) is 4.73. The number of aromatic nitrogens is 2. The molecule has 1 aliphatic rings. The highest BCUT2D eigenvalue weighted by Gasteiger charge is 2.31. The molecule has 0 radical (unpaired) electrons. The van der Waals surface area contributed by atoms with Crippen molar-refractivity contribution in [3.8, 4) is 0 Å². The van der Waals surface area contributed by atoms with Crippen LogP contribution in [0.3, 0.4) is 0 Å². The van der Waals surface area contributed by atoms with Gasteiger partial charge in [-0.05, 0) is 62.4 Å². The van der Waals surface area contributed by atoms with E-state index in [1.165, 1.54) is 6.07 Å². The molecule has 3 aromatic rings. The third-order valence-corrected chi connectivity index (χ3v) is 8.30. The first-order valence-corrected chi connectivity index (χ1v) is 13.2. The molecule has 2 aromatic heterocycles. The Morgan fingerprint density at radius 1 is 1.09 bits per heavy atom. The quantitative estimate of drug-likeness (QED) is 0.541. The van der Waals surface area contributed by atoms with Crippen molar-refractivity contribution in [1.29, 1.82) is 0 Å². The molecular weight excluding hydrogens is 436 g/mol. The third-order valence-electron chi connectivity index (χ3n) is 6.44. The Hall–Kier alpha value is -2.58. The maximum Gasteiger partial charge on any atom is 0.275 e. The van der Waals surface area contributed by atoms with Gasteiger partial charge in [-0.15, -0.1) is 0 Å². The number of hydrogen-bond donors (Lipinski definition) is 1. The molecular formula is C25H34N4O3S. The lowest BCUT2D eigenvalue weighted by molar-refractivity contribution is 0.0968. The summed E-state index contributed by atoms with van der Waals surface area (Å²) in [5, 5.41) is 1.03. The van der Waals surface area contributed by atoms with Crippen LogP contribution in [0.25, 0.3) is 10.9 Å². The van der Waals surface area contributed by atoms with Crippen molar-refractivity contribution in [1.82, 2.24) is 13.9 Å². The van der Waals surface area contributed by atoms with E-state index in [2.05, 4.69) is 18.8 Å². The fourth-order valence-corrected chi connectivity index (χ4v) is 6.40. The average molecular weight is 471 g/mol. The number of carbonyl (C=O) groups is 1. The van der Waals surface area contributed by atoms with Crippen LogP contribution in [0.2, 0.25) is 0 Å². The number of aryl methyl sites for hydroxylation is 1. The van der Waals surface area contributed by atoms with E-state index in [1.807, 2.05) is 37.4 Å². The van der Waals surface area contributed by atoms with Crippen LogP contribution in [0.1, 0.15) is 56.9 Å². The zero-order valence-electron chi connectivity index (χ0n) is 19.9. The van der Waals surface area contributed by atoms with E-state index < -0.39 is 10.0 Å². The Kier molecular flexibility index (Phi) is 6.68. The molecule has 1 N–H and O–H groups in total. The molecule has 1 aromatic carbocycles. The van der Waals surface area contributed by atoms with E-state index in [-0.39, 0.29) is 16.8 Å². The monoisotopic (exact) mass is 470 g/mol. The van der Waals surface area contributed by atoms with Crippen molar-refractivity contribution in [2.24, 2.45) is 13.0 Å². The van der Waals surface area contributed by atoms with Gasteiger partial charge >= 0.3 is 0 Å². The number of benzene rings is 1. The van der Waals surface area contributed by atoms with Crippen molar-refractivity contribution in [3.63, 3.8) is 0 Å². The molecule has 1 fully saturated rings. The summed E-state index contributed by atoms with van der Waals surface area (Å²) in [7, 11) is -1.87. The summed E-state index contributed by atoms with van der Waals surface area (Å²) in [6.45, 7) is 7.40. The molecule has 0 aliphatic carbocycles.